The van der Waals surface area contributed by atoms with Crippen LogP contribution in [0.25, 0.3) is 0 Å². The fourth-order valence-electron chi connectivity index (χ4n) is 3.50. The van der Waals surface area contributed by atoms with Crippen LogP contribution < -0.4 is 0 Å². The Kier molecular flexibility index (Phi) is 4.14. The fourth-order valence-corrected chi connectivity index (χ4v) is 3.50. The molecule has 0 bridgehead atoms. The Morgan fingerprint density at radius 3 is 2.74 bits per heavy atom. The van der Waals surface area contributed by atoms with E-state index < -0.39 is 12.0 Å². The normalized spacial score (nSPS) is 24.9. The van der Waals surface area contributed by atoms with Crippen molar-refractivity contribution in [2.45, 2.75) is 44.8 Å². The van der Waals surface area contributed by atoms with E-state index in [9.17, 15) is 18.7 Å². The summed E-state index contributed by atoms with van der Waals surface area (Å²) in [7, 11) is 0. The van der Waals surface area contributed by atoms with Crippen LogP contribution in [0.1, 0.15) is 29.4 Å². The van der Waals surface area contributed by atoms with E-state index in [4.69, 9.17) is 0 Å². The number of hydrogen-bond donors (Lipinski definition) is 1. The van der Waals surface area contributed by atoms with Gasteiger partial charge in [-0.25, -0.2) is 8.78 Å². The molecular formula is C15H22F2N4O2. The number of amides is 1. The van der Waals surface area contributed by atoms with E-state index in [0.717, 1.165) is 5.69 Å². The lowest BCUT2D eigenvalue weighted by Crippen LogP contribution is -2.62. The van der Waals surface area contributed by atoms with Crippen molar-refractivity contribution in [3.8, 4) is 0 Å². The summed E-state index contributed by atoms with van der Waals surface area (Å²) >= 11 is 0. The molecule has 8 heteroatoms. The predicted molar refractivity (Wildman–Crippen MR) is 79.5 cm³/mol. The molecule has 0 spiro atoms. The van der Waals surface area contributed by atoms with Gasteiger partial charge in [-0.15, -0.1) is 0 Å². The van der Waals surface area contributed by atoms with Crippen molar-refractivity contribution >= 4 is 5.91 Å². The number of aliphatic hydroxyl groups excluding tert-OH is 1. The number of carbonyl (C=O) groups excluding carboxylic acids is 1. The molecule has 2 aliphatic rings. The highest BCUT2D eigenvalue weighted by molar-refractivity contribution is 5.95. The quantitative estimate of drug-likeness (QED) is 0.885. The maximum atomic E-state index is 13.5. The minimum Gasteiger partial charge on any atom is -0.395 e. The number of halogens is 2. The predicted octanol–water partition coefficient (Wildman–Crippen LogP) is 0.738. The first-order valence-electron chi connectivity index (χ1n) is 7.92. The maximum absolute atomic E-state index is 13.5. The number of nitrogens with zero attached hydrogens (tertiary/aromatic N) is 4. The largest absolute Gasteiger partial charge is 0.395 e. The molecule has 1 N–H and O–H groups in total. The van der Waals surface area contributed by atoms with Gasteiger partial charge in [0.25, 0.3) is 11.8 Å². The van der Waals surface area contributed by atoms with Gasteiger partial charge in [-0.05, 0) is 13.8 Å². The van der Waals surface area contributed by atoms with E-state index >= 15 is 0 Å². The summed E-state index contributed by atoms with van der Waals surface area (Å²) < 4.78 is 28.8. The third kappa shape index (κ3) is 2.85. The van der Waals surface area contributed by atoms with E-state index in [1.54, 1.807) is 20.7 Å². The summed E-state index contributed by atoms with van der Waals surface area (Å²) in [5.74, 6) is -2.86. The molecule has 2 saturated heterocycles. The molecule has 6 nitrogen and oxygen atoms in total. The van der Waals surface area contributed by atoms with Crippen LogP contribution >= 0.6 is 0 Å². The first-order chi connectivity index (χ1) is 10.9. The van der Waals surface area contributed by atoms with Gasteiger partial charge < -0.3 is 10.0 Å². The minimum absolute atomic E-state index is 0.106. The number of carbonyl (C=O) groups is 1. The van der Waals surface area contributed by atoms with Crippen LogP contribution in [0.5, 0.6) is 0 Å². The molecule has 1 aromatic rings. The summed E-state index contributed by atoms with van der Waals surface area (Å²) in [5.41, 5.74) is 1.39. The number of alkyl halides is 2. The van der Waals surface area contributed by atoms with Crippen molar-refractivity contribution in [1.82, 2.24) is 19.6 Å². The maximum Gasteiger partial charge on any atom is 0.262 e. The zero-order valence-corrected chi connectivity index (χ0v) is 13.4. The first-order valence-corrected chi connectivity index (χ1v) is 7.92. The van der Waals surface area contributed by atoms with Crippen LogP contribution in [-0.2, 0) is 6.54 Å². The Morgan fingerprint density at radius 2 is 2.17 bits per heavy atom. The summed E-state index contributed by atoms with van der Waals surface area (Å²) in [5, 5.41) is 13.5. The third-order valence-corrected chi connectivity index (χ3v) is 4.88. The van der Waals surface area contributed by atoms with Gasteiger partial charge in [-0.3, -0.25) is 14.4 Å². The fraction of sp³-hybridized carbons (Fsp3) is 0.733. The molecule has 2 fully saturated rings. The standard InChI is InChI=1S/C15H22F2N4O2/c1-3-21-10(2)13(5-18-21)14(23)19-6-12(7-19)20-9-15(16,17)4-11(20)8-22/h5,11-12,22H,3-4,6-9H2,1-2H3/t11-/m0/s1. The van der Waals surface area contributed by atoms with Gasteiger partial charge in [-0.1, -0.05) is 0 Å². The van der Waals surface area contributed by atoms with Crippen molar-refractivity contribution in [2.75, 3.05) is 26.2 Å². The third-order valence-electron chi connectivity index (χ3n) is 4.88. The highest BCUT2D eigenvalue weighted by atomic mass is 19.3. The Bertz CT molecular complexity index is 598. The highest BCUT2D eigenvalue weighted by Crippen LogP contribution is 2.35. The van der Waals surface area contributed by atoms with Gasteiger partial charge in [0.15, 0.2) is 0 Å². The van der Waals surface area contributed by atoms with Crippen LogP contribution in [-0.4, -0.2) is 74.8 Å². The van der Waals surface area contributed by atoms with Gasteiger partial charge in [0.05, 0.1) is 24.9 Å². The van der Waals surface area contributed by atoms with Gasteiger partial charge >= 0.3 is 0 Å². The van der Waals surface area contributed by atoms with Crippen molar-refractivity contribution < 1.29 is 18.7 Å². The second-order valence-corrected chi connectivity index (χ2v) is 6.39. The molecule has 1 atom stereocenters. The summed E-state index contributed by atoms with van der Waals surface area (Å²) in [6, 6.07) is -0.622. The summed E-state index contributed by atoms with van der Waals surface area (Å²) in [4.78, 5) is 15.8. The van der Waals surface area contributed by atoms with Gasteiger partial charge in [0, 0.05) is 43.8 Å². The lowest BCUT2D eigenvalue weighted by atomic mass is 10.0. The van der Waals surface area contributed by atoms with E-state index in [1.807, 2.05) is 13.8 Å². The van der Waals surface area contributed by atoms with Crippen molar-refractivity contribution in [3.05, 3.63) is 17.5 Å². The Hall–Kier alpha value is -1.54. The Balaban J connectivity index is 1.62. The summed E-state index contributed by atoms with van der Waals surface area (Å²) in [6.45, 7) is 4.73. The molecule has 1 aromatic heterocycles. The molecule has 23 heavy (non-hydrogen) atoms. The molecule has 0 aliphatic carbocycles. The zero-order chi connectivity index (χ0) is 16.8. The molecule has 1 amide bonds. The van der Waals surface area contributed by atoms with Crippen molar-refractivity contribution in [1.29, 1.82) is 0 Å². The molecule has 0 unspecified atom stereocenters. The molecule has 128 valence electrons. The van der Waals surface area contributed by atoms with Gasteiger partial charge in [-0.2, -0.15) is 5.10 Å². The van der Waals surface area contributed by atoms with Crippen LogP contribution in [0, 0.1) is 6.92 Å². The molecule has 0 saturated carbocycles. The number of aliphatic hydroxyl groups is 1. The zero-order valence-electron chi connectivity index (χ0n) is 13.4. The van der Waals surface area contributed by atoms with Crippen LogP contribution in [0.3, 0.4) is 0 Å². The van der Waals surface area contributed by atoms with Gasteiger partial charge in [0.2, 0.25) is 0 Å². The van der Waals surface area contributed by atoms with Crippen LogP contribution in [0.4, 0.5) is 8.78 Å². The topological polar surface area (TPSA) is 61.6 Å². The number of likely N-dealkylation sites (tertiary alicyclic amines) is 2. The average molecular weight is 328 g/mol. The lowest BCUT2D eigenvalue weighted by Gasteiger charge is -2.45. The van der Waals surface area contributed by atoms with E-state index in [0.29, 0.717) is 25.2 Å². The molecule has 0 radical (unpaired) electrons. The van der Waals surface area contributed by atoms with Crippen LogP contribution in [0.15, 0.2) is 6.20 Å². The van der Waals surface area contributed by atoms with Crippen LogP contribution in [0.2, 0.25) is 0 Å². The second-order valence-electron chi connectivity index (χ2n) is 6.39. The van der Waals surface area contributed by atoms with E-state index in [-0.39, 0.29) is 31.5 Å². The SMILES string of the molecule is CCn1ncc(C(=O)N2CC(N3CC(F)(F)C[C@H]3CO)C2)c1C. The lowest BCUT2D eigenvalue weighted by molar-refractivity contribution is -0.0125. The monoisotopic (exact) mass is 328 g/mol. The number of hydrogen-bond acceptors (Lipinski definition) is 4. The number of aryl methyl sites for hydroxylation is 1. The number of aromatic nitrogens is 2. The molecule has 2 aliphatic heterocycles. The average Bonchev–Trinajstić information content (AvgIpc) is 2.96. The highest BCUT2D eigenvalue weighted by Gasteiger charge is 2.50. The summed E-state index contributed by atoms with van der Waals surface area (Å²) in [6.07, 6.45) is 1.26. The molecular weight excluding hydrogens is 306 g/mol. The van der Waals surface area contributed by atoms with E-state index in [1.165, 1.54) is 0 Å². The smallest absolute Gasteiger partial charge is 0.262 e. The van der Waals surface area contributed by atoms with Gasteiger partial charge in [0.1, 0.15) is 0 Å². The molecule has 3 heterocycles. The van der Waals surface area contributed by atoms with Crippen molar-refractivity contribution in [2.24, 2.45) is 0 Å². The first kappa shape index (κ1) is 16.3. The minimum atomic E-state index is -2.75. The van der Waals surface area contributed by atoms with Crippen molar-refractivity contribution in [3.63, 3.8) is 0 Å². The Labute approximate surface area is 133 Å². The molecule has 3 rings (SSSR count). The molecule has 0 aromatic carbocycles. The second kappa shape index (κ2) is 5.83. The van der Waals surface area contributed by atoms with E-state index in [2.05, 4.69) is 5.10 Å². The Morgan fingerprint density at radius 1 is 1.48 bits per heavy atom. The number of rotatable bonds is 4.